The molecule has 0 radical (unpaired) electrons. The Hall–Kier alpha value is -2.94. The minimum absolute atomic E-state index is 0.00602. The number of esters is 1. The van der Waals surface area contributed by atoms with Gasteiger partial charge in [-0.2, -0.15) is 0 Å². The Balaban J connectivity index is 2.17. The van der Waals surface area contributed by atoms with E-state index < -0.39 is 10.9 Å². The second-order valence-electron chi connectivity index (χ2n) is 5.81. The summed E-state index contributed by atoms with van der Waals surface area (Å²) in [5.74, 6) is -1.08. The highest BCUT2D eigenvalue weighted by molar-refractivity contribution is 9.10. The van der Waals surface area contributed by atoms with Gasteiger partial charge < -0.3 is 15.0 Å². The van der Waals surface area contributed by atoms with E-state index in [4.69, 9.17) is 0 Å². The van der Waals surface area contributed by atoms with Crippen molar-refractivity contribution in [3.8, 4) is 0 Å². The van der Waals surface area contributed by atoms with E-state index in [2.05, 4.69) is 26.0 Å². The van der Waals surface area contributed by atoms with E-state index in [-0.39, 0.29) is 23.7 Å². The summed E-state index contributed by atoms with van der Waals surface area (Å²) in [7, 11) is 2.80. The molecule has 1 N–H and O–H groups in total. The van der Waals surface area contributed by atoms with Crippen LogP contribution in [0.4, 0.5) is 17.1 Å². The molecule has 0 atom stereocenters. The van der Waals surface area contributed by atoms with Crippen LogP contribution in [0.25, 0.3) is 0 Å². The van der Waals surface area contributed by atoms with Gasteiger partial charge in [0.1, 0.15) is 5.56 Å². The molecular weight excluding hydrogens is 418 g/mol. The fourth-order valence-electron chi connectivity index (χ4n) is 2.46. The number of nitrogens with zero attached hydrogens (tertiary/aromatic N) is 2. The lowest BCUT2D eigenvalue weighted by atomic mass is 10.1. The fraction of sp³-hybridized carbons (Fsp3) is 0.222. The van der Waals surface area contributed by atoms with Crippen LogP contribution >= 0.6 is 15.9 Å². The molecule has 27 heavy (non-hydrogen) atoms. The van der Waals surface area contributed by atoms with Crippen molar-refractivity contribution >= 4 is 44.9 Å². The summed E-state index contributed by atoms with van der Waals surface area (Å²) in [5.41, 5.74) is 1.55. The second-order valence-corrected chi connectivity index (χ2v) is 6.73. The number of hydrogen-bond donors (Lipinski definition) is 1. The maximum Gasteiger partial charge on any atom is 0.344 e. The zero-order valence-electron chi connectivity index (χ0n) is 15.0. The number of nitro groups is 1. The molecule has 9 heteroatoms. The van der Waals surface area contributed by atoms with Crippen molar-refractivity contribution in [2.24, 2.45) is 0 Å². The number of ether oxygens (including phenoxy) is 1. The van der Waals surface area contributed by atoms with Crippen molar-refractivity contribution in [2.45, 2.75) is 6.92 Å². The van der Waals surface area contributed by atoms with E-state index in [9.17, 15) is 19.7 Å². The van der Waals surface area contributed by atoms with Gasteiger partial charge in [0.2, 0.25) is 5.91 Å². The molecule has 2 aromatic rings. The van der Waals surface area contributed by atoms with Crippen LogP contribution in [-0.2, 0) is 9.53 Å². The topological polar surface area (TPSA) is 102 Å². The van der Waals surface area contributed by atoms with E-state index in [1.54, 1.807) is 18.0 Å². The first-order valence-corrected chi connectivity index (χ1v) is 8.66. The summed E-state index contributed by atoms with van der Waals surface area (Å²) in [4.78, 5) is 36.1. The average Bonchev–Trinajstić information content (AvgIpc) is 2.62. The molecule has 2 aromatic carbocycles. The number of rotatable bonds is 6. The van der Waals surface area contributed by atoms with Gasteiger partial charge in [-0.3, -0.25) is 14.9 Å². The molecule has 1 amide bonds. The molecule has 0 aliphatic heterocycles. The molecule has 0 spiro atoms. The van der Waals surface area contributed by atoms with Crippen LogP contribution < -0.4 is 10.2 Å². The third-order valence-electron chi connectivity index (χ3n) is 3.87. The van der Waals surface area contributed by atoms with E-state index in [1.165, 1.54) is 18.2 Å². The molecule has 0 bridgehead atoms. The number of benzene rings is 2. The molecule has 0 aliphatic rings. The Morgan fingerprint density at radius 1 is 1.26 bits per heavy atom. The fourth-order valence-corrected chi connectivity index (χ4v) is 2.93. The number of aryl methyl sites for hydroxylation is 1. The zero-order chi connectivity index (χ0) is 20.1. The van der Waals surface area contributed by atoms with Gasteiger partial charge in [-0.15, -0.1) is 0 Å². The molecule has 0 fully saturated rings. The smallest absolute Gasteiger partial charge is 0.344 e. The summed E-state index contributed by atoms with van der Waals surface area (Å²) < 4.78 is 5.51. The number of anilines is 2. The second kappa shape index (κ2) is 8.63. The van der Waals surface area contributed by atoms with Gasteiger partial charge in [0.05, 0.1) is 18.6 Å². The maximum atomic E-state index is 12.3. The Kier molecular flexibility index (Phi) is 6.51. The van der Waals surface area contributed by atoms with Crippen molar-refractivity contribution in [2.75, 3.05) is 30.9 Å². The molecule has 0 unspecified atom stereocenters. The Labute approximate surface area is 164 Å². The molecule has 2 rings (SSSR count). The monoisotopic (exact) mass is 435 g/mol. The lowest BCUT2D eigenvalue weighted by Crippen LogP contribution is -2.30. The minimum Gasteiger partial charge on any atom is -0.465 e. The highest BCUT2D eigenvalue weighted by Crippen LogP contribution is 2.25. The Morgan fingerprint density at radius 2 is 1.96 bits per heavy atom. The number of carbonyl (C=O) groups is 2. The molecule has 0 heterocycles. The molecule has 8 nitrogen and oxygen atoms in total. The molecule has 142 valence electrons. The molecule has 0 saturated carbocycles. The third-order valence-corrected chi connectivity index (χ3v) is 4.36. The van der Waals surface area contributed by atoms with Crippen LogP contribution in [0.2, 0.25) is 0 Å². The van der Waals surface area contributed by atoms with Crippen LogP contribution in [0.1, 0.15) is 15.9 Å². The van der Waals surface area contributed by atoms with Crippen LogP contribution in [0.5, 0.6) is 0 Å². The SMILES string of the molecule is COC(=O)c1cc(N(C)CC(=O)Nc2ccc(Br)cc2C)ccc1[N+](=O)[O-]. The number of methoxy groups -OCH3 is 1. The van der Waals surface area contributed by atoms with Gasteiger partial charge in [-0.1, -0.05) is 15.9 Å². The van der Waals surface area contributed by atoms with E-state index in [1.807, 2.05) is 19.1 Å². The number of nitro benzene ring substituents is 1. The largest absolute Gasteiger partial charge is 0.465 e. The van der Waals surface area contributed by atoms with E-state index >= 15 is 0 Å². The van der Waals surface area contributed by atoms with E-state index in [0.29, 0.717) is 11.4 Å². The van der Waals surface area contributed by atoms with Crippen LogP contribution in [0, 0.1) is 17.0 Å². The number of carbonyl (C=O) groups excluding carboxylic acids is 2. The van der Waals surface area contributed by atoms with E-state index in [0.717, 1.165) is 17.1 Å². The first-order valence-electron chi connectivity index (χ1n) is 7.87. The van der Waals surface area contributed by atoms with Crippen LogP contribution in [0.3, 0.4) is 0 Å². The number of hydrogen-bond acceptors (Lipinski definition) is 6. The number of halogens is 1. The third kappa shape index (κ3) is 5.04. The quantitative estimate of drug-likeness (QED) is 0.422. The van der Waals surface area contributed by atoms with Crippen molar-refractivity contribution in [1.29, 1.82) is 0 Å². The number of nitrogens with one attached hydrogen (secondary N) is 1. The predicted molar refractivity (Wildman–Crippen MR) is 105 cm³/mol. The number of amides is 1. The first kappa shape index (κ1) is 20.4. The standard InChI is InChI=1S/C18H18BrN3O5/c1-11-8-12(19)4-6-15(11)20-17(23)10-21(2)13-5-7-16(22(25)26)14(9-13)18(24)27-3/h4-9H,10H2,1-3H3,(H,20,23). The van der Waals surface area contributed by atoms with Gasteiger partial charge in [-0.25, -0.2) is 4.79 Å². The zero-order valence-corrected chi connectivity index (χ0v) is 16.6. The van der Waals surface area contributed by atoms with Crippen molar-refractivity contribution < 1.29 is 19.2 Å². The number of likely N-dealkylation sites (N-methyl/N-ethyl adjacent to an activating group) is 1. The summed E-state index contributed by atoms with van der Waals surface area (Å²) in [6.07, 6.45) is 0. The summed E-state index contributed by atoms with van der Waals surface area (Å²) in [6, 6.07) is 9.53. The summed E-state index contributed by atoms with van der Waals surface area (Å²) >= 11 is 3.37. The maximum absolute atomic E-state index is 12.3. The first-order chi connectivity index (χ1) is 12.7. The van der Waals surface area contributed by atoms with Gasteiger partial charge in [0.25, 0.3) is 5.69 Å². The molecular formula is C18H18BrN3O5. The van der Waals surface area contributed by atoms with Crippen LogP contribution in [0.15, 0.2) is 40.9 Å². The lowest BCUT2D eigenvalue weighted by Gasteiger charge is -2.20. The highest BCUT2D eigenvalue weighted by atomic mass is 79.9. The minimum atomic E-state index is -0.813. The van der Waals surface area contributed by atoms with Crippen LogP contribution in [-0.4, -0.2) is 37.5 Å². The van der Waals surface area contributed by atoms with Crippen molar-refractivity contribution in [1.82, 2.24) is 0 Å². The van der Waals surface area contributed by atoms with Gasteiger partial charge in [0, 0.05) is 29.0 Å². The van der Waals surface area contributed by atoms with Crippen molar-refractivity contribution in [3.63, 3.8) is 0 Å². The van der Waals surface area contributed by atoms with Gasteiger partial charge in [-0.05, 0) is 42.8 Å². The average molecular weight is 436 g/mol. The highest BCUT2D eigenvalue weighted by Gasteiger charge is 2.22. The predicted octanol–water partition coefficient (Wildman–Crippen LogP) is 3.53. The van der Waals surface area contributed by atoms with Gasteiger partial charge >= 0.3 is 5.97 Å². The Bertz CT molecular complexity index is 901. The molecule has 0 aromatic heterocycles. The van der Waals surface area contributed by atoms with Gasteiger partial charge in [0.15, 0.2) is 0 Å². The summed E-state index contributed by atoms with van der Waals surface area (Å²) in [5, 5.41) is 13.9. The van der Waals surface area contributed by atoms with Crippen molar-refractivity contribution in [3.05, 3.63) is 62.1 Å². The summed E-state index contributed by atoms with van der Waals surface area (Å²) in [6.45, 7) is 1.87. The Morgan fingerprint density at radius 3 is 2.56 bits per heavy atom. The molecule has 0 saturated heterocycles. The normalized spacial score (nSPS) is 10.2. The lowest BCUT2D eigenvalue weighted by molar-refractivity contribution is -0.385. The molecule has 0 aliphatic carbocycles.